The first-order chi connectivity index (χ1) is 4.00. The average molecular weight is 186 g/mol. The summed E-state index contributed by atoms with van der Waals surface area (Å²) in [6.07, 6.45) is 0. The van der Waals surface area contributed by atoms with E-state index in [0.717, 1.165) is 0 Å². The van der Waals surface area contributed by atoms with E-state index in [2.05, 4.69) is 6.58 Å². The van der Waals surface area contributed by atoms with Crippen LogP contribution in [0.1, 0.15) is 6.92 Å². The van der Waals surface area contributed by atoms with Crippen molar-refractivity contribution in [1.29, 1.82) is 5.26 Å². The van der Waals surface area contributed by atoms with E-state index >= 15 is 0 Å². The molecule has 0 bridgehead atoms. The zero-order chi connectivity index (χ0) is 7.86. The second-order valence-corrected chi connectivity index (χ2v) is 3.12. The minimum absolute atomic E-state index is 0.560. The van der Waals surface area contributed by atoms with Gasteiger partial charge in [0.2, 0.25) is 0 Å². The molecular weight excluding hydrogens is 180 g/mol. The largest absolute Gasteiger partial charge is 0.193 e. The van der Waals surface area contributed by atoms with Crippen LogP contribution in [0.2, 0.25) is 0 Å². The molecule has 0 aromatic heterocycles. The summed E-state index contributed by atoms with van der Waals surface area (Å²) in [7, 11) is 0. The van der Waals surface area contributed by atoms with Gasteiger partial charge in [-0.25, -0.2) is 0 Å². The van der Waals surface area contributed by atoms with E-state index in [4.69, 9.17) is 40.1 Å². The molecule has 0 aromatic carbocycles. The Balaban J connectivity index is 0. The van der Waals surface area contributed by atoms with Crippen molar-refractivity contribution in [2.45, 2.75) is 11.2 Å². The zero-order valence-corrected chi connectivity index (χ0v) is 7.13. The van der Waals surface area contributed by atoms with Gasteiger partial charge in [0, 0.05) is 5.57 Å². The van der Waals surface area contributed by atoms with Crippen LogP contribution in [-0.2, 0) is 0 Å². The Morgan fingerprint density at radius 1 is 1.56 bits per heavy atom. The van der Waals surface area contributed by atoms with Gasteiger partial charge < -0.3 is 0 Å². The van der Waals surface area contributed by atoms with E-state index in [1.54, 1.807) is 6.92 Å². The topological polar surface area (TPSA) is 23.8 Å². The van der Waals surface area contributed by atoms with Crippen molar-refractivity contribution in [2.75, 3.05) is 0 Å². The zero-order valence-electron chi connectivity index (χ0n) is 4.87. The van der Waals surface area contributed by atoms with Gasteiger partial charge in [0.15, 0.2) is 4.30 Å². The van der Waals surface area contributed by atoms with Crippen LogP contribution in [0.15, 0.2) is 12.2 Å². The Bertz CT molecular complexity index is 111. The Labute approximate surface area is 69.8 Å². The molecule has 0 aliphatic heterocycles. The lowest BCUT2D eigenvalue weighted by Crippen LogP contribution is -1.55. The molecule has 0 saturated carbocycles. The Morgan fingerprint density at radius 2 is 1.67 bits per heavy atom. The first-order valence-electron chi connectivity index (χ1n) is 1.98. The molecule has 0 spiro atoms. The molecule has 0 aliphatic rings. The molecule has 0 amide bonds. The highest BCUT2D eigenvalue weighted by Gasteiger charge is 1.78. The van der Waals surface area contributed by atoms with Crippen LogP contribution in [-0.4, -0.2) is 4.30 Å². The molecule has 0 saturated heterocycles. The minimum atomic E-state index is -0.750. The number of alkyl halides is 3. The third-order valence-electron chi connectivity index (χ3n) is 0.191. The predicted octanol–water partition coefficient (Wildman–Crippen LogP) is 3.07. The highest BCUT2D eigenvalue weighted by molar-refractivity contribution is 6.63. The molecule has 0 radical (unpaired) electrons. The molecule has 0 heterocycles. The Morgan fingerprint density at radius 3 is 1.67 bits per heavy atom. The summed E-state index contributed by atoms with van der Waals surface area (Å²) in [5, 5.41) is 7.79. The number of hydrogen-bond donors (Lipinski definition) is 0. The van der Waals surface area contributed by atoms with E-state index in [9.17, 15) is 0 Å². The fourth-order valence-corrected chi connectivity index (χ4v) is 0. The van der Waals surface area contributed by atoms with Crippen molar-refractivity contribution in [3.05, 3.63) is 12.2 Å². The summed E-state index contributed by atoms with van der Waals surface area (Å²) < 4.78 is -0.750. The summed E-state index contributed by atoms with van der Waals surface area (Å²) in [5.74, 6) is 0. The van der Waals surface area contributed by atoms with E-state index in [1.807, 2.05) is 6.07 Å². The van der Waals surface area contributed by atoms with Gasteiger partial charge in [-0.15, -0.1) is 0 Å². The van der Waals surface area contributed by atoms with Gasteiger partial charge >= 0.3 is 0 Å². The maximum atomic E-state index is 7.79. The first-order valence-corrected chi connectivity index (χ1v) is 3.29. The monoisotopic (exact) mass is 185 g/mol. The van der Waals surface area contributed by atoms with Crippen LogP contribution in [0.5, 0.6) is 0 Å². The maximum Gasteiger partial charge on any atom is 0.180 e. The number of rotatable bonds is 0. The fourth-order valence-electron chi connectivity index (χ4n) is 0. The van der Waals surface area contributed by atoms with E-state index < -0.39 is 4.30 Å². The first kappa shape index (κ1) is 11.8. The molecular formula is C5H6Cl3N. The van der Waals surface area contributed by atoms with Crippen molar-refractivity contribution < 1.29 is 0 Å². The Hall–Kier alpha value is 0.1000. The molecule has 0 aliphatic carbocycles. The fraction of sp³-hybridized carbons (Fsp3) is 0.400. The average Bonchev–Trinajstić information content (AvgIpc) is 1.65. The number of halogens is 3. The number of hydrogen-bond acceptors (Lipinski definition) is 1. The maximum absolute atomic E-state index is 7.79. The van der Waals surface area contributed by atoms with Crippen molar-refractivity contribution in [3.8, 4) is 6.07 Å². The molecule has 0 N–H and O–H groups in total. The molecule has 52 valence electrons. The van der Waals surface area contributed by atoms with Crippen molar-refractivity contribution in [1.82, 2.24) is 0 Å². The molecule has 1 nitrogen and oxygen atoms in total. The summed E-state index contributed by atoms with van der Waals surface area (Å²) in [6.45, 7) is 4.98. The van der Waals surface area contributed by atoms with E-state index in [0.29, 0.717) is 5.57 Å². The van der Waals surface area contributed by atoms with Gasteiger partial charge in [-0.2, -0.15) is 5.26 Å². The second kappa shape index (κ2) is 8.10. The third kappa shape index (κ3) is 68.3. The lowest BCUT2D eigenvalue weighted by molar-refractivity contribution is 1.46. The van der Waals surface area contributed by atoms with Crippen molar-refractivity contribution in [2.24, 2.45) is 0 Å². The van der Waals surface area contributed by atoms with Crippen LogP contribution >= 0.6 is 34.8 Å². The number of nitrogens with zero attached hydrogens (tertiary/aromatic N) is 1. The SMILES string of the molecule is C=C(C)C#N.ClC(Cl)Cl. The lowest BCUT2D eigenvalue weighted by Gasteiger charge is -1.69. The minimum Gasteiger partial charge on any atom is -0.193 e. The Kier molecular flexibility index (Phi) is 10.7. The second-order valence-electron chi connectivity index (χ2n) is 1.14. The molecule has 9 heavy (non-hydrogen) atoms. The number of allylic oxidation sites excluding steroid dienone is 1. The summed E-state index contributed by atoms with van der Waals surface area (Å²) >= 11 is 14.4. The van der Waals surface area contributed by atoms with Crippen LogP contribution in [0, 0.1) is 11.3 Å². The molecule has 0 unspecified atom stereocenters. The standard InChI is InChI=1S/C4H5N.CHCl3/c1-4(2)3-5;2-1(3)4/h1H2,2H3;1H. The molecule has 0 rings (SSSR count). The molecule has 4 heteroatoms. The number of nitriles is 1. The van der Waals surface area contributed by atoms with Crippen LogP contribution in [0.25, 0.3) is 0 Å². The quantitative estimate of drug-likeness (QED) is 0.421. The van der Waals surface area contributed by atoms with E-state index in [-0.39, 0.29) is 0 Å². The lowest BCUT2D eigenvalue weighted by atomic mass is 10.4. The highest BCUT2D eigenvalue weighted by atomic mass is 35.6. The van der Waals surface area contributed by atoms with Gasteiger partial charge in [0.05, 0.1) is 6.07 Å². The molecule has 0 aromatic rings. The van der Waals surface area contributed by atoms with Gasteiger partial charge in [0.25, 0.3) is 0 Å². The summed E-state index contributed by atoms with van der Waals surface area (Å²) in [5.41, 5.74) is 0.560. The van der Waals surface area contributed by atoms with Crippen molar-refractivity contribution in [3.63, 3.8) is 0 Å². The van der Waals surface area contributed by atoms with Crippen LogP contribution < -0.4 is 0 Å². The smallest absolute Gasteiger partial charge is 0.180 e. The summed E-state index contributed by atoms with van der Waals surface area (Å²) in [4.78, 5) is 0. The van der Waals surface area contributed by atoms with Crippen LogP contribution in [0.4, 0.5) is 0 Å². The molecule has 0 atom stereocenters. The normalized spacial score (nSPS) is 7.11. The third-order valence-corrected chi connectivity index (χ3v) is 0.191. The summed E-state index contributed by atoms with van der Waals surface area (Å²) in [6, 6.07) is 1.83. The van der Waals surface area contributed by atoms with Crippen LogP contribution in [0.3, 0.4) is 0 Å². The molecule has 0 fully saturated rings. The van der Waals surface area contributed by atoms with Gasteiger partial charge in [-0.3, -0.25) is 0 Å². The van der Waals surface area contributed by atoms with E-state index in [1.165, 1.54) is 0 Å². The van der Waals surface area contributed by atoms with Gasteiger partial charge in [-0.05, 0) is 6.92 Å². The van der Waals surface area contributed by atoms with Gasteiger partial charge in [-0.1, -0.05) is 41.4 Å². The van der Waals surface area contributed by atoms with Crippen molar-refractivity contribution >= 4 is 34.8 Å². The predicted molar refractivity (Wildman–Crippen MR) is 41.8 cm³/mol. The van der Waals surface area contributed by atoms with Gasteiger partial charge in [0.1, 0.15) is 0 Å². The highest BCUT2D eigenvalue weighted by Crippen LogP contribution is 2.03.